The molecule has 118 valence electrons. The second kappa shape index (κ2) is 7.11. The number of carbonyl (C=O) groups is 1. The summed E-state index contributed by atoms with van der Waals surface area (Å²) in [6.07, 6.45) is 0.494. The zero-order valence-corrected chi connectivity index (χ0v) is 15.5. The van der Waals surface area contributed by atoms with Crippen LogP contribution in [0.2, 0.25) is 0 Å². The zero-order valence-electron chi connectivity index (χ0n) is 12.3. The van der Waals surface area contributed by atoms with Crippen LogP contribution in [0.25, 0.3) is 0 Å². The summed E-state index contributed by atoms with van der Waals surface area (Å²) in [4.78, 5) is 12.0. The lowest BCUT2D eigenvalue weighted by atomic mass is 10.1. The van der Waals surface area contributed by atoms with Crippen LogP contribution in [0, 0.1) is 12.8 Å². The lowest BCUT2D eigenvalue weighted by molar-refractivity contribution is 0.0299. The van der Waals surface area contributed by atoms with Crippen molar-refractivity contribution in [1.82, 2.24) is 0 Å². The number of ether oxygens (including phenoxy) is 1. The fraction of sp³-hybridized carbons (Fsp3) is 0.500. The molecule has 0 radical (unpaired) electrons. The van der Waals surface area contributed by atoms with Crippen LogP contribution in [0.1, 0.15) is 43.1 Å². The molecule has 0 fully saturated rings. The van der Waals surface area contributed by atoms with E-state index in [1.165, 1.54) is 12.1 Å². The molecule has 0 bridgehead atoms. The standard InChI is InChI=1S/C14H18BrClO4S/c1-8(2)5-9(3)20-14(17)11-6-12(15)10(4)13(7-11)21(16,18)19/h6-9H,5H2,1-4H3. The number of esters is 1. The van der Waals surface area contributed by atoms with E-state index >= 15 is 0 Å². The summed E-state index contributed by atoms with van der Waals surface area (Å²) in [7, 11) is 1.46. The molecule has 0 aromatic heterocycles. The summed E-state index contributed by atoms with van der Waals surface area (Å²) in [5.41, 5.74) is 0.610. The van der Waals surface area contributed by atoms with E-state index in [2.05, 4.69) is 15.9 Å². The fourth-order valence-electron chi connectivity index (χ4n) is 1.99. The molecule has 0 amide bonds. The van der Waals surface area contributed by atoms with E-state index in [4.69, 9.17) is 15.4 Å². The van der Waals surface area contributed by atoms with Crippen molar-refractivity contribution in [1.29, 1.82) is 0 Å². The van der Waals surface area contributed by atoms with Gasteiger partial charge in [0.05, 0.1) is 16.6 Å². The molecule has 1 aromatic carbocycles. The van der Waals surface area contributed by atoms with Gasteiger partial charge in [0.15, 0.2) is 0 Å². The Labute approximate surface area is 138 Å². The van der Waals surface area contributed by atoms with Crippen molar-refractivity contribution in [3.05, 3.63) is 27.7 Å². The summed E-state index contributed by atoms with van der Waals surface area (Å²) in [6.45, 7) is 7.48. The molecule has 1 aromatic rings. The Morgan fingerprint density at radius 3 is 2.38 bits per heavy atom. The van der Waals surface area contributed by atoms with Gasteiger partial charge in [-0.3, -0.25) is 0 Å². The predicted octanol–water partition coefficient (Wildman–Crippen LogP) is 4.28. The van der Waals surface area contributed by atoms with Gasteiger partial charge >= 0.3 is 5.97 Å². The summed E-state index contributed by atoms with van der Waals surface area (Å²) < 4.78 is 28.9. The zero-order chi connectivity index (χ0) is 16.4. The molecule has 0 aliphatic heterocycles. The predicted molar refractivity (Wildman–Crippen MR) is 86.3 cm³/mol. The molecule has 4 nitrogen and oxygen atoms in total. The Balaban J connectivity index is 3.09. The van der Waals surface area contributed by atoms with Crippen molar-refractivity contribution < 1.29 is 17.9 Å². The van der Waals surface area contributed by atoms with E-state index < -0.39 is 15.0 Å². The fourth-order valence-corrected chi connectivity index (χ4v) is 3.80. The minimum absolute atomic E-state index is 0.0954. The third-order valence-electron chi connectivity index (χ3n) is 2.91. The Morgan fingerprint density at radius 2 is 1.90 bits per heavy atom. The number of benzene rings is 1. The van der Waals surface area contributed by atoms with E-state index in [0.717, 1.165) is 6.42 Å². The van der Waals surface area contributed by atoms with Crippen molar-refractivity contribution in [3.63, 3.8) is 0 Å². The smallest absolute Gasteiger partial charge is 0.338 e. The van der Waals surface area contributed by atoms with Crippen LogP contribution >= 0.6 is 26.6 Å². The molecular weight excluding hydrogens is 380 g/mol. The Morgan fingerprint density at radius 1 is 1.33 bits per heavy atom. The molecule has 0 spiro atoms. The van der Waals surface area contributed by atoms with Gasteiger partial charge in [0.25, 0.3) is 9.05 Å². The first-order valence-electron chi connectivity index (χ1n) is 6.48. The largest absolute Gasteiger partial charge is 0.459 e. The van der Waals surface area contributed by atoms with E-state index in [1.54, 1.807) is 13.8 Å². The molecule has 1 atom stereocenters. The lowest BCUT2D eigenvalue weighted by Gasteiger charge is -2.16. The first-order valence-corrected chi connectivity index (χ1v) is 9.58. The maximum absolute atomic E-state index is 12.1. The van der Waals surface area contributed by atoms with Gasteiger partial charge in [-0.1, -0.05) is 29.8 Å². The molecule has 0 aliphatic carbocycles. The SMILES string of the molecule is Cc1c(Br)cc(C(=O)OC(C)CC(C)C)cc1S(=O)(=O)Cl. The third kappa shape index (κ3) is 5.27. The van der Waals surface area contributed by atoms with Crippen LogP contribution in [0.5, 0.6) is 0 Å². The van der Waals surface area contributed by atoms with Crippen LogP contribution in [0.3, 0.4) is 0 Å². The number of halogens is 2. The molecule has 0 saturated carbocycles. The third-order valence-corrected chi connectivity index (χ3v) is 5.18. The van der Waals surface area contributed by atoms with Crippen molar-refractivity contribution in [2.75, 3.05) is 0 Å². The summed E-state index contributed by atoms with van der Waals surface area (Å²) >= 11 is 3.23. The van der Waals surface area contributed by atoms with Crippen molar-refractivity contribution in [2.45, 2.75) is 45.1 Å². The quantitative estimate of drug-likeness (QED) is 0.549. The van der Waals surface area contributed by atoms with E-state index in [9.17, 15) is 13.2 Å². The Hall–Kier alpha value is -0.590. The molecule has 0 saturated heterocycles. The van der Waals surface area contributed by atoms with Crippen molar-refractivity contribution in [3.8, 4) is 0 Å². The first kappa shape index (κ1) is 18.5. The second-order valence-electron chi connectivity index (χ2n) is 5.36. The monoisotopic (exact) mass is 396 g/mol. The van der Waals surface area contributed by atoms with Gasteiger partial charge in [-0.2, -0.15) is 0 Å². The molecule has 1 unspecified atom stereocenters. The number of rotatable bonds is 5. The van der Waals surface area contributed by atoms with Crippen LogP contribution < -0.4 is 0 Å². The topological polar surface area (TPSA) is 60.4 Å². The van der Waals surface area contributed by atoms with Gasteiger partial charge in [0.1, 0.15) is 0 Å². The molecule has 0 heterocycles. The second-order valence-corrected chi connectivity index (χ2v) is 8.75. The van der Waals surface area contributed by atoms with Gasteiger partial charge in [0, 0.05) is 15.2 Å². The van der Waals surface area contributed by atoms with E-state index in [1.807, 2.05) is 13.8 Å². The van der Waals surface area contributed by atoms with Gasteiger partial charge in [0.2, 0.25) is 0 Å². The molecule has 0 N–H and O–H groups in total. The average Bonchev–Trinajstić information content (AvgIpc) is 2.29. The highest BCUT2D eigenvalue weighted by atomic mass is 79.9. The normalized spacial score (nSPS) is 13.3. The average molecular weight is 398 g/mol. The summed E-state index contributed by atoms with van der Waals surface area (Å²) in [6, 6.07) is 2.78. The maximum atomic E-state index is 12.1. The van der Waals surface area contributed by atoms with Gasteiger partial charge < -0.3 is 4.74 Å². The van der Waals surface area contributed by atoms with Gasteiger partial charge in [-0.05, 0) is 43.9 Å². The van der Waals surface area contributed by atoms with Gasteiger partial charge in [-0.25, -0.2) is 13.2 Å². The van der Waals surface area contributed by atoms with Crippen molar-refractivity contribution >= 4 is 41.6 Å². The summed E-state index contributed by atoms with van der Waals surface area (Å²) in [5, 5.41) is 0. The molecule has 7 heteroatoms. The minimum atomic E-state index is -3.93. The van der Waals surface area contributed by atoms with Crippen LogP contribution in [0.15, 0.2) is 21.5 Å². The van der Waals surface area contributed by atoms with E-state index in [0.29, 0.717) is 16.0 Å². The van der Waals surface area contributed by atoms with E-state index in [-0.39, 0.29) is 16.6 Å². The number of hydrogen-bond acceptors (Lipinski definition) is 4. The Bertz CT molecular complexity index is 641. The van der Waals surface area contributed by atoms with Crippen LogP contribution in [0.4, 0.5) is 0 Å². The lowest BCUT2D eigenvalue weighted by Crippen LogP contribution is -2.17. The highest BCUT2D eigenvalue weighted by molar-refractivity contribution is 9.10. The van der Waals surface area contributed by atoms with Crippen LogP contribution in [-0.2, 0) is 13.8 Å². The highest BCUT2D eigenvalue weighted by Crippen LogP contribution is 2.28. The molecular formula is C14H18BrClO4S. The van der Waals surface area contributed by atoms with Gasteiger partial charge in [-0.15, -0.1) is 0 Å². The highest BCUT2D eigenvalue weighted by Gasteiger charge is 2.21. The molecule has 21 heavy (non-hydrogen) atoms. The first-order chi connectivity index (χ1) is 9.52. The number of carbonyl (C=O) groups excluding carboxylic acids is 1. The summed E-state index contributed by atoms with van der Waals surface area (Å²) in [5.74, 6) is -0.165. The van der Waals surface area contributed by atoms with Crippen molar-refractivity contribution in [2.24, 2.45) is 5.92 Å². The van der Waals surface area contributed by atoms with Crippen LogP contribution in [-0.4, -0.2) is 20.5 Å². The minimum Gasteiger partial charge on any atom is -0.459 e. The Kier molecular flexibility index (Phi) is 6.25. The molecule has 1 rings (SSSR count). The number of hydrogen-bond donors (Lipinski definition) is 0. The molecule has 0 aliphatic rings. The maximum Gasteiger partial charge on any atom is 0.338 e.